The van der Waals surface area contributed by atoms with E-state index in [1.807, 2.05) is 27.7 Å². The van der Waals surface area contributed by atoms with Gasteiger partial charge >= 0.3 is 0 Å². The van der Waals surface area contributed by atoms with Gasteiger partial charge in [-0.25, -0.2) is 9.40 Å². The zero-order chi connectivity index (χ0) is 27.9. The molecule has 6 atom stereocenters. The van der Waals surface area contributed by atoms with Gasteiger partial charge in [0.2, 0.25) is 17.7 Å². The first-order chi connectivity index (χ1) is 17.9. The Labute approximate surface area is 227 Å². The van der Waals surface area contributed by atoms with E-state index in [9.17, 15) is 28.4 Å². The van der Waals surface area contributed by atoms with E-state index < -0.39 is 35.4 Å². The number of nitrogens with zero attached hydrogens (tertiary/aromatic N) is 2. The van der Waals surface area contributed by atoms with Crippen molar-refractivity contribution >= 4 is 41.1 Å². The molecule has 38 heavy (non-hydrogen) atoms. The Kier molecular flexibility index (Phi) is 8.26. The van der Waals surface area contributed by atoms with Gasteiger partial charge in [-0.05, 0) is 42.4 Å². The fourth-order valence-electron chi connectivity index (χ4n) is 6.30. The summed E-state index contributed by atoms with van der Waals surface area (Å²) in [7, 11) is 0. The smallest absolute Gasteiger partial charge is 0.291 e. The molecule has 2 aliphatic heterocycles. The number of fused-ring (bicyclic) bond motifs is 1. The normalized spacial score (nSPS) is 28.8. The van der Waals surface area contributed by atoms with Crippen LogP contribution in [-0.4, -0.2) is 76.8 Å². The molecule has 2 unspecified atom stereocenters. The maximum Gasteiger partial charge on any atom is 0.291 e. The molecule has 10 nitrogen and oxygen atoms in total. The fraction of sp³-hybridized carbons (Fsp3) is 0.808. The highest BCUT2D eigenvalue weighted by molar-refractivity contribution is 6.29. The Morgan fingerprint density at radius 2 is 1.82 bits per heavy atom. The summed E-state index contributed by atoms with van der Waals surface area (Å²) >= 11 is 5.42. The van der Waals surface area contributed by atoms with Crippen molar-refractivity contribution in [3.05, 3.63) is 0 Å². The third-order valence-corrected chi connectivity index (χ3v) is 9.24. The number of nitrogens with one attached hydrogen (secondary N) is 3. The van der Waals surface area contributed by atoms with E-state index in [1.165, 1.54) is 4.90 Å². The van der Waals surface area contributed by atoms with Gasteiger partial charge in [-0.1, -0.05) is 52.1 Å². The van der Waals surface area contributed by atoms with Gasteiger partial charge in [0.15, 0.2) is 0 Å². The average molecular weight is 556 g/mol. The Balaban J connectivity index is 1.56. The number of hydrogen-bond donors (Lipinski definition) is 3. The van der Waals surface area contributed by atoms with E-state index in [2.05, 4.69) is 16.1 Å². The molecule has 2 saturated heterocycles. The highest BCUT2D eigenvalue weighted by atomic mass is 35.5. The van der Waals surface area contributed by atoms with Gasteiger partial charge < -0.3 is 15.5 Å². The second-order valence-corrected chi connectivity index (χ2v) is 12.1. The molecule has 4 rings (SSSR count). The zero-order valence-corrected chi connectivity index (χ0v) is 23.2. The van der Waals surface area contributed by atoms with Gasteiger partial charge in [0.1, 0.15) is 12.1 Å². The largest absolute Gasteiger partial charge is 0.356 e. The first-order valence-electron chi connectivity index (χ1n) is 13.7. The average Bonchev–Trinajstić information content (AvgIpc) is 3.69. The molecule has 0 aromatic carbocycles. The van der Waals surface area contributed by atoms with Gasteiger partial charge in [0.05, 0.1) is 12.5 Å². The summed E-state index contributed by atoms with van der Waals surface area (Å²) in [6.07, 6.45) is 3.41. The number of amides is 5. The summed E-state index contributed by atoms with van der Waals surface area (Å²) in [5.74, 6) is -3.39. The van der Waals surface area contributed by atoms with Crippen molar-refractivity contribution in [3.8, 4) is 0 Å². The summed E-state index contributed by atoms with van der Waals surface area (Å²) in [4.78, 5) is 66.4. The van der Waals surface area contributed by atoms with Crippen molar-refractivity contribution in [1.29, 1.82) is 0 Å². The predicted octanol–water partition coefficient (Wildman–Crippen LogP) is 1.33. The standard InChI is InChI=1S/C26H39ClFN5O5/c1-5-13(6-2)18(30-22(35)14-7-8-14)24(37)32-12-16-17(26(16,3)4)19(32)23(36)31-33(25(38)20(27)28)11-15-9-10-29-21(15)34/h13-20H,5-12H2,1-4H3,(H,29,34)(H,30,35)(H,31,36)/t15-,16-,17-,18?,19-,20?/m0/s1. The molecular weight excluding hydrogens is 517 g/mol. The number of halogens is 2. The van der Waals surface area contributed by atoms with Crippen LogP contribution >= 0.6 is 11.6 Å². The van der Waals surface area contributed by atoms with Gasteiger partial charge in [-0.15, -0.1) is 0 Å². The predicted molar refractivity (Wildman–Crippen MR) is 137 cm³/mol. The molecule has 0 aromatic rings. The monoisotopic (exact) mass is 555 g/mol. The van der Waals surface area contributed by atoms with Gasteiger partial charge in [0.25, 0.3) is 17.4 Å². The Bertz CT molecular complexity index is 985. The lowest BCUT2D eigenvalue weighted by Crippen LogP contribution is -2.60. The number of carbonyl (C=O) groups is 5. The van der Waals surface area contributed by atoms with E-state index in [1.54, 1.807) is 0 Å². The SMILES string of the molecule is CCC(CC)C(NC(=O)C1CC1)C(=O)N1C[C@H]2[C@@H]([C@H]1C(=O)NN(C[C@@H]1CCNC1=O)C(=O)C(F)Cl)C2(C)C. The maximum absolute atomic E-state index is 13.9. The lowest BCUT2D eigenvalue weighted by Gasteiger charge is -2.36. The maximum atomic E-state index is 13.9. The van der Waals surface area contributed by atoms with Crippen LogP contribution in [0.4, 0.5) is 4.39 Å². The molecule has 4 fully saturated rings. The minimum atomic E-state index is -2.40. The number of rotatable bonds is 10. The minimum Gasteiger partial charge on any atom is -0.356 e. The van der Waals surface area contributed by atoms with E-state index in [0.29, 0.717) is 32.4 Å². The molecule has 2 saturated carbocycles. The van der Waals surface area contributed by atoms with Crippen molar-refractivity contribution in [3.63, 3.8) is 0 Å². The van der Waals surface area contributed by atoms with Crippen molar-refractivity contribution in [2.24, 2.45) is 35.0 Å². The van der Waals surface area contributed by atoms with Crippen LogP contribution in [0.5, 0.6) is 0 Å². The highest BCUT2D eigenvalue weighted by Crippen LogP contribution is 2.65. The number of likely N-dealkylation sites (tertiary alicyclic amines) is 1. The van der Waals surface area contributed by atoms with Crippen LogP contribution in [0.3, 0.4) is 0 Å². The van der Waals surface area contributed by atoms with E-state index in [0.717, 1.165) is 17.9 Å². The van der Waals surface area contributed by atoms with Gasteiger partial charge in [-0.3, -0.25) is 29.4 Å². The lowest BCUT2D eigenvalue weighted by molar-refractivity contribution is -0.150. The topological polar surface area (TPSA) is 128 Å². The summed E-state index contributed by atoms with van der Waals surface area (Å²) in [6, 6.07) is -1.66. The molecule has 2 heterocycles. The van der Waals surface area contributed by atoms with E-state index in [-0.39, 0.29) is 53.4 Å². The number of hydrogen-bond acceptors (Lipinski definition) is 5. The molecule has 212 valence electrons. The summed E-state index contributed by atoms with van der Waals surface area (Å²) in [5.41, 5.74) is -0.107. The molecule has 0 aromatic heterocycles. The second kappa shape index (κ2) is 11.0. The number of hydrazine groups is 1. The third kappa shape index (κ3) is 5.49. The van der Waals surface area contributed by atoms with Crippen LogP contribution in [0.1, 0.15) is 59.8 Å². The Morgan fingerprint density at radius 1 is 1.16 bits per heavy atom. The number of alkyl halides is 2. The Hall–Kier alpha value is -2.43. The van der Waals surface area contributed by atoms with Crippen LogP contribution in [0, 0.1) is 35.0 Å². The number of carbonyl (C=O) groups excluding carboxylic acids is 5. The highest BCUT2D eigenvalue weighted by Gasteiger charge is 2.69. The first-order valence-corrected chi connectivity index (χ1v) is 14.1. The van der Waals surface area contributed by atoms with Crippen molar-refractivity contribution < 1.29 is 28.4 Å². The van der Waals surface area contributed by atoms with Gasteiger partial charge in [-0.2, -0.15) is 0 Å². The molecule has 0 bridgehead atoms. The third-order valence-electron chi connectivity index (χ3n) is 9.06. The molecule has 3 N–H and O–H groups in total. The minimum absolute atomic E-state index is 0.0683. The van der Waals surface area contributed by atoms with Crippen LogP contribution in [0.15, 0.2) is 0 Å². The molecular formula is C26H39ClFN5O5. The van der Waals surface area contributed by atoms with Crippen LogP contribution in [0.25, 0.3) is 0 Å². The molecule has 2 aliphatic carbocycles. The Morgan fingerprint density at radius 3 is 2.34 bits per heavy atom. The fourth-order valence-corrected chi connectivity index (χ4v) is 6.41. The summed E-state index contributed by atoms with van der Waals surface area (Å²) in [6.45, 7) is 8.54. The van der Waals surface area contributed by atoms with Gasteiger partial charge in [0, 0.05) is 19.0 Å². The zero-order valence-electron chi connectivity index (χ0n) is 22.5. The lowest BCUT2D eigenvalue weighted by atomic mass is 9.91. The molecule has 12 heteroatoms. The second-order valence-electron chi connectivity index (χ2n) is 11.7. The molecule has 4 aliphatic rings. The van der Waals surface area contributed by atoms with Crippen LogP contribution < -0.4 is 16.1 Å². The van der Waals surface area contributed by atoms with Crippen molar-refractivity contribution in [2.75, 3.05) is 19.6 Å². The van der Waals surface area contributed by atoms with E-state index >= 15 is 0 Å². The molecule has 0 spiro atoms. The van der Waals surface area contributed by atoms with Crippen LogP contribution in [-0.2, 0) is 24.0 Å². The van der Waals surface area contributed by atoms with Crippen LogP contribution in [0.2, 0.25) is 0 Å². The molecule has 5 amide bonds. The van der Waals surface area contributed by atoms with Crippen molar-refractivity contribution in [2.45, 2.75) is 77.5 Å². The number of piperidine rings is 1. The summed E-state index contributed by atoms with van der Waals surface area (Å²) in [5, 5.41) is 6.38. The molecule has 0 radical (unpaired) electrons. The summed E-state index contributed by atoms with van der Waals surface area (Å²) < 4.78 is 13.8. The van der Waals surface area contributed by atoms with Crippen molar-refractivity contribution in [1.82, 2.24) is 26.0 Å². The van der Waals surface area contributed by atoms with E-state index in [4.69, 9.17) is 11.6 Å². The first kappa shape index (κ1) is 28.6. The quantitative estimate of drug-likeness (QED) is 0.277.